The number of carbonyl (C=O) groups is 1. The van der Waals surface area contributed by atoms with Crippen molar-refractivity contribution in [1.29, 1.82) is 0 Å². The highest BCUT2D eigenvalue weighted by Gasteiger charge is 2.70. The summed E-state index contributed by atoms with van der Waals surface area (Å²) in [5.74, 6) is -1.94. The molecule has 1 aliphatic heterocycles. The minimum Gasteiger partial charge on any atom is -0.480 e. The second-order valence-electron chi connectivity index (χ2n) is 8.16. The van der Waals surface area contributed by atoms with Crippen LogP contribution in [0.4, 0.5) is 0 Å². The van der Waals surface area contributed by atoms with Crippen molar-refractivity contribution in [3.8, 4) is 0 Å². The van der Waals surface area contributed by atoms with Gasteiger partial charge in [-0.15, -0.1) is 0 Å². The average molecular weight is 465 g/mol. The van der Waals surface area contributed by atoms with E-state index in [9.17, 15) is 18.3 Å². The third kappa shape index (κ3) is 4.36. The Kier molecular flexibility index (Phi) is 6.11. The zero-order chi connectivity index (χ0) is 22.2. The minimum absolute atomic E-state index is 0.184. The lowest BCUT2D eigenvalue weighted by molar-refractivity contribution is -0.140. The van der Waals surface area contributed by atoms with E-state index in [1.54, 1.807) is 19.1 Å². The fourth-order valence-electron chi connectivity index (χ4n) is 4.43. The van der Waals surface area contributed by atoms with E-state index in [1.165, 1.54) is 4.31 Å². The number of nitrogens with one attached hydrogen (secondary N) is 1. The van der Waals surface area contributed by atoms with Gasteiger partial charge in [0.25, 0.3) is 10.2 Å². The quantitative estimate of drug-likeness (QED) is 0.626. The minimum atomic E-state index is -3.99. The predicted molar refractivity (Wildman–Crippen MR) is 117 cm³/mol. The molecule has 1 unspecified atom stereocenters. The van der Waals surface area contributed by atoms with E-state index < -0.39 is 27.6 Å². The summed E-state index contributed by atoms with van der Waals surface area (Å²) in [5.41, 5.74) is 0.222. The molecular weight excluding hydrogens is 440 g/mol. The molecule has 1 saturated heterocycles. The van der Waals surface area contributed by atoms with E-state index in [2.05, 4.69) is 4.72 Å². The molecule has 166 valence electrons. The number of nitrogens with zero attached hydrogens (tertiary/aromatic N) is 1. The van der Waals surface area contributed by atoms with Gasteiger partial charge in [-0.25, -0.2) is 0 Å². The van der Waals surface area contributed by atoms with Crippen LogP contribution in [0.15, 0.2) is 54.6 Å². The maximum absolute atomic E-state index is 13.1. The van der Waals surface area contributed by atoms with Gasteiger partial charge in [-0.1, -0.05) is 61.0 Å². The van der Waals surface area contributed by atoms with Crippen LogP contribution in [0, 0.1) is 5.92 Å². The van der Waals surface area contributed by atoms with Crippen molar-refractivity contribution in [3.63, 3.8) is 0 Å². The number of carboxylic acid groups (broad SMARTS) is 1. The van der Waals surface area contributed by atoms with E-state index in [4.69, 9.17) is 16.3 Å². The first-order valence-electron chi connectivity index (χ1n) is 10.2. The standard InChI is InChI=1S/C22H25ClN2O5S/c1-15-20(17-5-3-2-4-6-17)22(15,21(26)27)24-31(28,29)25-12-11-19(13-25)30-14-16-7-9-18(23)10-8-16/h2-10,15,19-20,24H,11-14H2,1H3,(H,26,27)/t15-,19?,20-,22+/m1/s1. The molecule has 0 spiro atoms. The van der Waals surface area contributed by atoms with Gasteiger partial charge in [0.15, 0.2) is 0 Å². The number of hydrogen-bond acceptors (Lipinski definition) is 4. The highest BCUT2D eigenvalue weighted by atomic mass is 35.5. The first kappa shape index (κ1) is 22.2. The van der Waals surface area contributed by atoms with Gasteiger partial charge in [0.2, 0.25) is 0 Å². The van der Waals surface area contributed by atoms with E-state index in [1.807, 2.05) is 42.5 Å². The molecule has 1 heterocycles. The number of benzene rings is 2. The van der Waals surface area contributed by atoms with Crippen LogP contribution in [0.3, 0.4) is 0 Å². The highest BCUT2D eigenvalue weighted by molar-refractivity contribution is 7.87. The summed E-state index contributed by atoms with van der Waals surface area (Å²) in [4.78, 5) is 12.1. The molecule has 0 amide bonds. The maximum Gasteiger partial charge on any atom is 0.325 e. The molecule has 31 heavy (non-hydrogen) atoms. The van der Waals surface area contributed by atoms with Crippen LogP contribution in [0.5, 0.6) is 0 Å². The third-order valence-electron chi connectivity index (χ3n) is 6.26. The van der Waals surface area contributed by atoms with E-state index in [0.717, 1.165) is 11.1 Å². The fraction of sp³-hybridized carbons (Fsp3) is 0.409. The second-order valence-corrected chi connectivity index (χ2v) is 10.3. The first-order chi connectivity index (χ1) is 14.7. The van der Waals surface area contributed by atoms with Crippen LogP contribution in [-0.4, -0.2) is 48.5 Å². The SMILES string of the molecule is C[C@@H]1[C@H](c2ccccc2)[C@]1(NS(=O)(=O)N1CCC(OCc2ccc(Cl)cc2)C1)C(=O)O. The van der Waals surface area contributed by atoms with Crippen molar-refractivity contribution < 1.29 is 23.1 Å². The molecule has 2 N–H and O–H groups in total. The van der Waals surface area contributed by atoms with E-state index >= 15 is 0 Å². The number of ether oxygens (including phenoxy) is 1. The van der Waals surface area contributed by atoms with Gasteiger partial charge in [0.1, 0.15) is 5.54 Å². The molecule has 2 aliphatic rings. The molecule has 0 bridgehead atoms. The largest absolute Gasteiger partial charge is 0.480 e. The molecule has 9 heteroatoms. The van der Waals surface area contributed by atoms with Crippen molar-refractivity contribution in [3.05, 3.63) is 70.7 Å². The lowest BCUT2D eigenvalue weighted by Gasteiger charge is -2.22. The monoisotopic (exact) mass is 464 g/mol. The van der Waals surface area contributed by atoms with Gasteiger partial charge < -0.3 is 9.84 Å². The Hall–Kier alpha value is -1.97. The molecule has 7 nitrogen and oxygen atoms in total. The number of carboxylic acids is 1. The van der Waals surface area contributed by atoms with E-state index in [0.29, 0.717) is 18.1 Å². The predicted octanol–water partition coefficient (Wildman–Crippen LogP) is 3.02. The Balaban J connectivity index is 1.41. The first-order valence-corrected chi connectivity index (χ1v) is 12.0. The van der Waals surface area contributed by atoms with Gasteiger partial charge in [-0.05, 0) is 35.6 Å². The summed E-state index contributed by atoms with van der Waals surface area (Å²) in [6.45, 7) is 2.58. The molecule has 2 aromatic carbocycles. The van der Waals surface area contributed by atoms with Crippen molar-refractivity contribution in [2.75, 3.05) is 13.1 Å². The van der Waals surface area contributed by atoms with Crippen molar-refractivity contribution in [1.82, 2.24) is 9.03 Å². The summed E-state index contributed by atoms with van der Waals surface area (Å²) in [5, 5.41) is 10.6. The van der Waals surface area contributed by atoms with Gasteiger partial charge >= 0.3 is 5.97 Å². The Bertz CT molecular complexity index is 1050. The van der Waals surface area contributed by atoms with Crippen molar-refractivity contribution in [2.45, 2.75) is 37.5 Å². The molecule has 1 aliphatic carbocycles. The summed E-state index contributed by atoms with van der Waals surface area (Å²) < 4.78 is 35.8. The van der Waals surface area contributed by atoms with Crippen LogP contribution in [0.1, 0.15) is 30.4 Å². The highest BCUT2D eigenvalue weighted by Crippen LogP contribution is 2.58. The molecule has 4 atom stereocenters. The Morgan fingerprint density at radius 3 is 2.55 bits per heavy atom. The van der Waals surface area contributed by atoms with Crippen LogP contribution in [-0.2, 0) is 26.3 Å². The second kappa shape index (κ2) is 8.52. The van der Waals surface area contributed by atoms with Crippen molar-refractivity contribution in [2.24, 2.45) is 5.92 Å². The van der Waals surface area contributed by atoms with Crippen molar-refractivity contribution >= 4 is 27.8 Å². The maximum atomic E-state index is 13.1. The fourth-order valence-corrected chi connectivity index (χ4v) is 6.22. The van der Waals surface area contributed by atoms with Crippen LogP contribution in [0.25, 0.3) is 0 Å². The summed E-state index contributed by atoms with van der Waals surface area (Å²) >= 11 is 5.88. The number of hydrogen-bond donors (Lipinski definition) is 2. The van der Waals surface area contributed by atoms with Crippen LogP contribution < -0.4 is 4.72 Å². The average Bonchev–Trinajstić information content (AvgIpc) is 3.10. The zero-order valence-corrected chi connectivity index (χ0v) is 18.6. The molecule has 0 radical (unpaired) electrons. The Labute approximate surface area is 187 Å². The van der Waals surface area contributed by atoms with Gasteiger partial charge in [0.05, 0.1) is 12.7 Å². The van der Waals surface area contributed by atoms with Gasteiger partial charge in [0, 0.05) is 24.0 Å². The van der Waals surface area contributed by atoms with Crippen LogP contribution >= 0.6 is 11.6 Å². The lowest BCUT2D eigenvalue weighted by atomic mass is 10.1. The lowest BCUT2D eigenvalue weighted by Crippen LogP contribution is -2.51. The topological polar surface area (TPSA) is 95.9 Å². The Morgan fingerprint density at radius 1 is 1.23 bits per heavy atom. The summed E-state index contributed by atoms with van der Waals surface area (Å²) in [6, 6.07) is 16.4. The van der Waals surface area contributed by atoms with Crippen LogP contribution in [0.2, 0.25) is 5.02 Å². The Morgan fingerprint density at radius 2 is 1.90 bits per heavy atom. The third-order valence-corrected chi connectivity index (χ3v) is 8.12. The van der Waals surface area contributed by atoms with Gasteiger partial charge in [-0.2, -0.15) is 17.4 Å². The molecule has 1 saturated carbocycles. The summed E-state index contributed by atoms with van der Waals surface area (Å²) in [6.07, 6.45) is 0.293. The van der Waals surface area contributed by atoms with Gasteiger partial charge in [-0.3, -0.25) is 4.79 Å². The zero-order valence-electron chi connectivity index (χ0n) is 17.1. The normalized spacial score (nSPS) is 28.5. The molecule has 4 rings (SSSR count). The molecule has 2 aromatic rings. The van der Waals surface area contributed by atoms with E-state index in [-0.39, 0.29) is 25.1 Å². The summed E-state index contributed by atoms with van der Waals surface area (Å²) in [7, 11) is -3.99. The smallest absolute Gasteiger partial charge is 0.325 e. The number of halogens is 1. The number of aliphatic carboxylic acids is 1. The molecule has 0 aromatic heterocycles. The number of rotatable bonds is 8. The molecular formula is C22H25ClN2O5S. The molecule has 2 fully saturated rings.